The van der Waals surface area contributed by atoms with Crippen molar-refractivity contribution in [2.24, 2.45) is 0 Å². The molecule has 1 heterocycles. The van der Waals surface area contributed by atoms with Gasteiger partial charge in [0.25, 0.3) is 0 Å². The predicted molar refractivity (Wildman–Crippen MR) is 54.1 cm³/mol. The molecule has 0 atom stereocenters. The molecular weight excluding hydrogens is 233 g/mol. The second kappa shape index (κ2) is 3.07. The van der Waals surface area contributed by atoms with E-state index in [4.69, 9.17) is 0 Å². The van der Waals surface area contributed by atoms with Gasteiger partial charge in [0.15, 0.2) is 0 Å². The van der Waals surface area contributed by atoms with Crippen LogP contribution in [0.1, 0.15) is 5.56 Å². The molecule has 0 fully saturated rings. The summed E-state index contributed by atoms with van der Waals surface area (Å²) in [4.78, 5) is 4.12. The van der Waals surface area contributed by atoms with Crippen molar-refractivity contribution in [1.82, 2.24) is 4.98 Å². The lowest BCUT2D eigenvalue weighted by atomic mass is 10.2. The molecule has 1 aromatic heterocycles. The summed E-state index contributed by atoms with van der Waals surface area (Å²) in [6.07, 6.45) is 1.73. The van der Waals surface area contributed by atoms with E-state index in [0.29, 0.717) is 9.99 Å². The van der Waals surface area contributed by atoms with Crippen LogP contribution in [0.15, 0.2) is 28.9 Å². The topological polar surface area (TPSA) is 12.9 Å². The van der Waals surface area contributed by atoms with Gasteiger partial charge >= 0.3 is 0 Å². The normalized spacial score (nSPS) is 10.7. The SMILES string of the molecule is Cc1cnc2cc(F)c(Br)cc2c1. The van der Waals surface area contributed by atoms with E-state index >= 15 is 0 Å². The molecule has 0 unspecified atom stereocenters. The highest BCUT2D eigenvalue weighted by Crippen LogP contribution is 2.22. The Labute approximate surface area is 83.7 Å². The molecule has 1 aromatic carbocycles. The molecule has 0 radical (unpaired) electrons. The predicted octanol–water partition coefficient (Wildman–Crippen LogP) is 3.44. The fourth-order valence-corrected chi connectivity index (χ4v) is 1.59. The van der Waals surface area contributed by atoms with Crippen LogP contribution in [-0.4, -0.2) is 4.98 Å². The maximum Gasteiger partial charge on any atom is 0.139 e. The van der Waals surface area contributed by atoms with Gasteiger partial charge in [-0.25, -0.2) is 4.39 Å². The summed E-state index contributed by atoms with van der Waals surface area (Å²) in [7, 11) is 0. The van der Waals surface area contributed by atoms with Crippen LogP contribution >= 0.6 is 15.9 Å². The molecule has 0 aliphatic rings. The van der Waals surface area contributed by atoms with Crippen LogP contribution in [0.25, 0.3) is 10.9 Å². The molecule has 0 saturated heterocycles. The number of hydrogen-bond acceptors (Lipinski definition) is 1. The Balaban J connectivity index is 2.81. The van der Waals surface area contributed by atoms with Gasteiger partial charge in [-0.15, -0.1) is 0 Å². The molecule has 13 heavy (non-hydrogen) atoms. The van der Waals surface area contributed by atoms with Crippen LogP contribution in [-0.2, 0) is 0 Å². The molecule has 66 valence electrons. The van der Waals surface area contributed by atoms with E-state index in [0.717, 1.165) is 10.9 Å². The summed E-state index contributed by atoms with van der Waals surface area (Å²) < 4.78 is 13.5. The highest BCUT2D eigenvalue weighted by atomic mass is 79.9. The van der Waals surface area contributed by atoms with Gasteiger partial charge in [0.05, 0.1) is 9.99 Å². The Morgan fingerprint density at radius 2 is 2.08 bits per heavy atom. The van der Waals surface area contributed by atoms with E-state index in [9.17, 15) is 4.39 Å². The molecule has 0 N–H and O–H groups in total. The molecule has 0 spiro atoms. The van der Waals surface area contributed by atoms with Crippen LogP contribution in [0.2, 0.25) is 0 Å². The summed E-state index contributed by atoms with van der Waals surface area (Å²) in [6, 6.07) is 5.15. The number of hydrogen-bond donors (Lipinski definition) is 0. The van der Waals surface area contributed by atoms with Crippen LogP contribution in [0.3, 0.4) is 0 Å². The maximum atomic E-state index is 13.1. The lowest BCUT2D eigenvalue weighted by Gasteiger charge is -2.00. The quantitative estimate of drug-likeness (QED) is 0.687. The lowest BCUT2D eigenvalue weighted by molar-refractivity contribution is 0.623. The van der Waals surface area contributed by atoms with E-state index < -0.39 is 0 Å². The fraction of sp³-hybridized carbons (Fsp3) is 0.100. The number of rotatable bonds is 0. The number of nitrogens with zero attached hydrogens (tertiary/aromatic N) is 1. The van der Waals surface area contributed by atoms with E-state index in [1.165, 1.54) is 6.07 Å². The minimum atomic E-state index is -0.274. The molecular formula is C10H7BrFN. The first-order valence-corrected chi connectivity index (χ1v) is 4.67. The number of aromatic nitrogens is 1. The minimum Gasteiger partial charge on any atom is -0.256 e. The van der Waals surface area contributed by atoms with Crippen molar-refractivity contribution in [3.63, 3.8) is 0 Å². The number of pyridine rings is 1. The van der Waals surface area contributed by atoms with E-state index in [1.54, 1.807) is 12.3 Å². The maximum absolute atomic E-state index is 13.1. The smallest absolute Gasteiger partial charge is 0.139 e. The number of halogens is 2. The van der Waals surface area contributed by atoms with Gasteiger partial charge < -0.3 is 0 Å². The van der Waals surface area contributed by atoms with Crippen LogP contribution < -0.4 is 0 Å². The van der Waals surface area contributed by atoms with Crippen molar-refractivity contribution in [2.45, 2.75) is 6.92 Å². The highest BCUT2D eigenvalue weighted by molar-refractivity contribution is 9.10. The molecule has 2 aromatic rings. The molecule has 0 amide bonds. The summed E-state index contributed by atoms with van der Waals surface area (Å²) in [5.74, 6) is -0.274. The van der Waals surface area contributed by atoms with Gasteiger partial charge in [-0.1, -0.05) is 0 Å². The zero-order valence-electron chi connectivity index (χ0n) is 7.01. The summed E-state index contributed by atoms with van der Waals surface area (Å²) in [5.41, 5.74) is 1.76. The second-order valence-corrected chi connectivity index (χ2v) is 3.83. The summed E-state index contributed by atoms with van der Waals surface area (Å²) in [6.45, 7) is 1.96. The van der Waals surface area contributed by atoms with Crippen molar-refractivity contribution in [3.8, 4) is 0 Å². The van der Waals surface area contributed by atoms with E-state index in [2.05, 4.69) is 20.9 Å². The first-order valence-electron chi connectivity index (χ1n) is 3.88. The van der Waals surface area contributed by atoms with Crippen LogP contribution in [0, 0.1) is 12.7 Å². The Bertz CT molecular complexity index is 468. The van der Waals surface area contributed by atoms with Gasteiger partial charge in [0, 0.05) is 17.6 Å². The molecule has 0 saturated carbocycles. The average Bonchev–Trinajstić information content (AvgIpc) is 2.08. The van der Waals surface area contributed by atoms with Gasteiger partial charge in [-0.2, -0.15) is 0 Å². The number of aryl methyl sites for hydroxylation is 1. The zero-order chi connectivity index (χ0) is 9.42. The van der Waals surface area contributed by atoms with Gasteiger partial charge in [0.2, 0.25) is 0 Å². The average molecular weight is 240 g/mol. The van der Waals surface area contributed by atoms with Crippen molar-refractivity contribution < 1.29 is 4.39 Å². The van der Waals surface area contributed by atoms with Gasteiger partial charge in [0.1, 0.15) is 5.82 Å². The third kappa shape index (κ3) is 1.56. The second-order valence-electron chi connectivity index (χ2n) is 2.97. The Hall–Kier alpha value is -0.960. The standard InChI is InChI=1S/C10H7BrFN/c1-6-2-7-3-8(11)9(12)4-10(7)13-5-6/h2-5H,1H3. The number of benzene rings is 1. The lowest BCUT2D eigenvalue weighted by Crippen LogP contribution is -1.84. The van der Waals surface area contributed by atoms with Crippen LogP contribution in [0.4, 0.5) is 4.39 Å². The monoisotopic (exact) mass is 239 g/mol. The van der Waals surface area contributed by atoms with Crippen molar-refractivity contribution in [2.75, 3.05) is 0 Å². The molecule has 1 nitrogen and oxygen atoms in total. The summed E-state index contributed by atoms with van der Waals surface area (Å²) >= 11 is 3.14. The largest absolute Gasteiger partial charge is 0.256 e. The van der Waals surface area contributed by atoms with Crippen molar-refractivity contribution in [1.29, 1.82) is 0 Å². The van der Waals surface area contributed by atoms with E-state index in [-0.39, 0.29) is 5.82 Å². The number of fused-ring (bicyclic) bond motifs is 1. The third-order valence-corrected chi connectivity index (χ3v) is 2.47. The molecule has 0 bridgehead atoms. The van der Waals surface area contributed by atoms with Gasteiger partial charge in [-0.05, 0) is 40.5 Å². The molecule has 2 rings (SSSR count). The zero-order valence-corrected chi connectivity index (χ0v) is 8.60. The van der Waals surface area contributed by atoms with Crippen LogP contribution in [0.5, 0.6) is 0 Å². The molecule has 0 aliphatic heterocycles. The summed E-state index contributed by atoms with van der Waals surface area (Å²) in [5, 5.41) is 0.952. The van der Waals surface area contributed by atoms with Crippen molar-refractivity contribution in [3.05, 3.63) is 40.2 Å². The Morgan fingerprint density at radius 3 is 2.85 bits per heavy atom. The molecule has 0 aliphatic carbocycles. The van der Waals surface area contributed by atoms with E-state index in [1.807, 2.05) is 13.0 Å². The van der Waals surface area contributed by atoms with Gasteiger partial charge in [-0.3, -0.25) is 4.98 Å². The minimum absolute atomic E-state index is 0.274. The highest BCUT2D eigenvalue weighted by Gasteiger charge is 2.02. The fourth-order valence-electron chi connectivity index (χ4n) is 1.23. The molecule has 3 heteroatoms. The van der Waals surface area contributed by atoms with Crippen molar-refractivity contribution >= 4 is 26.8 Å². The first-order chi connectivity index (χ1) is 6.16. The third-order valence-electron chi connectivity index (χ3n) is 1.86. The Morgan fingerprint density at radius 1 is 1.31 bits per heavy atom. The first kappa shape index (κ1) is 8.63. The Kier molecular flexibility index (Phi) is 2.04.